The first kappa shape index (κ1) is 9.25. The Kier molecular flexibility index (Phi) is 2.05. The van der Waals surface area contributed by atoms with Crippen LogP contribution < -0.4 is 9.80 Å². The third-order valence-corrected chi connectivity index (χ3v) is 3.36. The first-order valence-electron chi connectivity index (χ1n) is 4.96. The van der Waals surface area contributed by atoms with Gasteiger partial charge in [-0.25, -0.2) is 0 Å². The Labute approximate surface area is 97.8 Å². The van der Waals surface area contributed by atoms with Crippen LogP contribution in [-0.4, -0.2) is 6.67 Å². The lowest BCUT2D eigenvalue weighted by atomic mass is 10.2. The molecule has 0 N–H and O–H groups in total. The first-order valence-corrected chi connectivity index (χ1v) is 5.90. The smallest absolute Gasteiger partial charge is 0.186 e. The minimum absolute atomic E-state index is 0.604. The molecule has 3 rings (SSSR count). The van der Waals surface area contributed by atoms with E-state index in [0.717, 1.165) is 17.1 Å². The highest BCUT2D eigenvalue weighted by Gasteiger charge is 2.26. The molecule has 0 amide bonds. The number of anilines is 3. The van der Waals surface area contributed by atoms with E-state index in [0.29, 0.717) is 6.67 Å². The van der Waals surface area contributed by atoms with Crippen molar-refractivity contribution >= 4 is 28.4 Å². The zero-order valence-corrected chi connectivity index (χ0v) is 9.31. The summed E-state index contributed by atoms with van der Waals surface area (Å²) in [6, 6.07) is 10.1. The van der Waals surface area contributed by atoms with Gasteiger partial charge in [-0.3, -0.25) is 4.90 Å². The summed E-state index contributed by atoms with van der Waals surface area (Å²) in [6.07, 6.45) is 2.21. The molecule has 0 radical (unpaired) electrons. The zero-order chi connectivity index (χ0) is 11.0. The second-order valence-corrected chi connectivity index (χ2v) is 4.35. The molecule has 0 saturated heterocycles. The lowest BCUT2D eigenvalue weighted by Gasteiger charge is -2.16. The predicted octanol–water partition coefficient (Wildman–Crippen LogP) is 3.14. The Morgan fingerprint density at radius 1 is 1.19 bits per heavy atom. The molecular weight excluding hydrogens is 218 g/mol. The molecule has 0 fully saturated rings. The maximum absolute atomic E-state index is 9.08. The normalized spacial score (nSPS) is 13.7. The van der Waals surface area contributed by atoms with Crippen molar-refractivity contribution in [3.05, 3.63) is 41.1 Å². The summed E-state index contributed by atoms with van der Waals surface area (Å²) in [7, 11) is 0. The van der Waals surface area contributed by atoms with E-state index in [-0.39, 0.29) is 0 Å². The van der Waals surface area contributed by atoms with Gasteiger partial charge in [0.25, 0.3) is 0 Å². The van der Waals surface area contributed by atoms with Gasteiger partial charge in [0.2, 0.25) is 0 Å². The fourth-order valence-corrected chi connectivity index (χ4v) is 2.57. The number of hydrogen-bond donors (Lipinski definition) is 0. The lowest BCUT2D eigenvalue weighted by Crippen LogP contribution is -2.23. The van der Waals surface area contributed by atoms with Gasteiger partial charge in [0, 0.05) is 5.38 Å². The highest BCUT2D eigenvalue weighted by atomic mass is 32.1. The summed E-state index contributed by atoms with van der Waals surface area (Å²) >= 11 is 1.67. The topological polar surface area (TPSA) is 30.3 Å². The van der Waals surface area contributed by atoms with Crippen LogP contribution in [0.4, 0.5) is 17.1 Å². The number of fused-ring (bicyclic) bond motifs is 1. The van der Waals surface area contributed by atoms with Crippen LogP contribution in [0.25, 0.3) is 0 Å². The molecule has 0 aliphatic carbocycles. The van der Waals surface area contributed by atoms with E-state index in [1.54, 1.807) is 16.2 Å². The Morgan fingerprint density at radius 2 is 2.00 bits per heavy atom. The van der Waals surface area contributed by atoms with Crippen LogP contribution in [0.15, 0.2) is 41.1 Å². The lowest BCUT2D eigenvalue weighted by molar-refractivity contribution is 0.995. The quantitative estimate of drug-likeness (QED) is 0.701. The van der Waals surface area contributed by atoms with Crippen molar-refractivity contribution in [1.29, 1.82) is 5.26 Å². The maximum atomic E-state index is 9.08. The summed E-state index contributed by atoms with van der Waals surface area (Å²) in [4.78, 5) is 3.85. The van der Waals surface area contributed by atoms with E-state index < -0.39 is 0 Å². The van der Waals surface area contributed by atoms with Gasteiger partial charge in [-0.2, -0.15) is 16.6 Å². The van der Waals surface area contributed by atoms with Crippen LogP contribution >= 0.6 is 11.3 Å². The van der Waals surface area contributed by atoms with Crippen LogP contribution in [0.2, 0.25) is 0 Å². The van der Waals surface area contributed by atoms with Gasteiger partial charge in [-0.05, 0) is 23.6 Å². The minimum atomic E-state index is 0.604. The van der Waals surface area contributed by atoms with Gasteiger partial charge in [0.1, 0.15) is 6.67 Å². The van der Waals surface area contributed by atoms with Gasteiger partial charge < -0.3 is 4.90 Å². The predicted molar refractivity (Wildman–Crippen MR) is 65.9 cm³/mol. The van der Waals surface area contributed by atoms with E-state index >= 15 is 0 Å². The molecule has 0 saturated carbocycles. The van der Waals surface area contributed by atoms with Crippen molar-refractivity contribution in [1.82, 2.24) is 0 Å². The highest BCUT2D eigenvalue weighted by molar-refractivity contribution is 7.08. The largest absolute Gasteiger partial charge is 0.319 e. The summed E-state index contributed by atoms with van der Waals surface area (Å²) < 4.78 is 0. The van der Waals surface area contributed by atoms with Crippen molar-refractivity contribution in [2.45, 2.75) is 0 Å². The molecule has 1 aliphatic heterocycles. The summed E-state index contributed by atoms with van der Waals surface area (Å²) in [5, 5.41) is 13.2. The average molecular weight is 227 g/mol. The van der Waals surface area contributed by atoms with Gasteiger partial charge in [-0.1, -0.05) is 12.1 Å². The summed E-state index contributed by atoms with van der Waals surface area (Å²) in [5.74, 6) is 0. The molecule has 16 heavy (non-hydrogen) atoms. The molecule has 0 bridgehead atoms. The molecule has 1 aromatic heterocycles. The van der Waals surface area contributed by atoms with Gasteiger partial charge in [0.05, 0.1) is 17.1 Å². The van der Waals surface area contributed by atoms with Crippen LogP contribution in [0, 0.1) is 11.5 Å². The Balaban J connectivity index is 2.10. The monoisotopic (exact) mass is 227 g/mol. The number of benzene rings is 1. The van der Waals surface area contributed by atoms with Crippen LogP contribution in [0.5, 0.6) is 0 Å². The molecule has 0 spiro atoms. The van der Waals surface area contributed by atoms with Crippen molar-refractivity contribution in [3.8, 4) is 6.19 Å². The van der Waals surface area contributed by atoms with E-state index in [2.05, 4.69) is 22.5 Å². The van der Waals surface area contributed by atoms with E-state index in [1.807, 2.05) is 29.6 Å². The minimum Gasteiger partial charge on any atom is -0.319 e. The number of nitriles is 1. The number of hydrogen-bond acceptors (Lipinski definition) is 4. The molecular formula is C12H9N3S. The maximum Gasteiger partial charge on any atom is 0.186 e. The number of rotatable bonds is 1. The average Bonchev–Trinajstić information content (AvgIpc) is 2.95. The fraction of sp³-hybridized carbons (Fsp3) is 0.0833. The standard InChI is InChI=1S/C12H9N3S/c13-8-14-9-15(10-5-6-16-7-10)12-4-2-1-3-11(12)14/h1-7H,9H2. The fourth-order valence-electron chi connectivity index (χ4n) is 1.93. The molecule has 2 heterocycles. The molecule has 0 atom stereocenters. The van der Waals surface area contributed by atoms with Crippen molar-refractivity contribution < 1.29 is 0 Å². The number of nitrogens with zero attached hydrogens (tertiary/aromatic N) is 3. The number of thiophene rings is 1. The van der Waals surface area contributed by atoms with E-state index in [9.17, 15) is 0 Å². The highest BCUT2D eigenvalue weighted by Crippen LogP contribution is 2.40. The Morgan fingerprint density at radius 3 is 2.69 bits per heavy atom. The van der Waals surface area contributed by atoms with E-state index in [1.165, 1.54) is 0 Å². The third kappa shape index (κ3) is 1.26. The van der Waals surface area contributed by atoms with Crippen molar-refractivity contribution in [2.24, 2.45) is 0 Å². The molecule has 3 nitrogen and oxygen atoms in total. The summed E-state index contributed by atoms with van der Waals surface area (Å²) in [5.41, 5.74) is 3.23. The summed E-state index contributed by atoms with van der Waals surface area (Å²) in [6.45, 7) is 0.604. The molecule has 1 aromatic carbocycles. The van der Waals surface area contributed by atoms with E-state index in [4.69, 9.17) is 5.26 Å². The molecule has 1 aliphatic rings. The first-order chi connectivity index (χ1) is 7.90. The van der Waals surface area contributed by atoms with Crippen molar-refractivity contribution in [2.75, 3.05) is 16.5 Å². The Hall–Kier alpha value is -1.99. The van der Waals surface area contributed by atoms with Gasteiger partial charge >= 0.3 is 0 Å². The molecule has 78 valence electrons. The van der Waals surface area contributed by atoms with Crippen LogP contribution in [-0.2, 0) is 0 Å². The molecule has 4 heteroatoms. The van der Waals surface area contributed by atoms with Gasteiger partial charge in [0.15, 0.2) is 6.19 Å². The second kappa shape index (κ2) is 3.54. The van der Waals surface area contributed by atoms with Crippen molar-refractivity contribution in [3.63, 3.8) is 0 Å². The molecule has 2 aromatic rings. The third-order valence-electron chi connectivity index (χ3n) is 2.68. The van der Waals surface area contributed by atoms with Crippen LogP contribution in [0.3, 0.4) is 0 Å². The number of para-hydroxylation sites is 2. The zero-order valence-electron chi connectivity index (χ0n) is 8.50. The Bertz CT molecular complexity index is 542. The van der Waals surface area contributed by atoms with Crippen LogP contribution in [0.1, 0.15) is 0 Å². The van der Waals surface area contributed by atoms with Gasteiger partial charge in [-0.15, -0.1) is 0 Å². The SMILES string of the molecule is N#CN1CN(c2ccsc2)c2ccccc21. The molecule has 0 unspecified atom stereocenters. The second-order valence-electron chi connectivity index (χ2n) is 3.57.